The summed E-state index contributed by atoms with van der Waals surface area (Å²) in [5.74, 6) is 1.00. The Morgan fingerprint density at radius 2 is 0.667 bits per heavy atom. The summed E-state index contributed by atoms with van der Waals surface area (Å²) in [5.41, 5.74) is 15.2. The molecule has 0 radical (unpaired) electrons. The molecule has 2 aromatic heterocycles. The Bertz CT molecular complexity index is 3710. The molecule has 11 aromatic rings. The topological polar surface area (TPSA) is 43.6 Å². The number of rotatable bonds is 8. The van der Waals surface area contributed by atoms with Crippen LogP contribution in [-0.2, 0) is 12.4 Å². The van der Waals surface area contributed by atoms with Crippen LogP contribution in [0.25, 0.3) is 106 Å². The maximum atomic E-state index is 14.4. The van der Waals surface area contributed by atoms with Crippen molar-refractivity contribution in [1.29, 1.82) is 0 Å². The van der Waals surface area contributed by atoms with Crippen molar-refractivity contribution in [2.24, 2.45) is 0 Å². The highest BCUT2D eigenvalue weighted by Gasteiger charge is 2.32. The number of halogens is 6. The van der Waals surface area contributed by atoms with E-state index in [2.05, 4.69) is 107 Å². The molecule has 0 aliphatic heterocycles. The van der Waals surface area contributed by atoms with Crippen LogP contribution in [0.2, 0.25) is 0 Å². The van der Waals surface area contributed by atoms with E-state index in [9.17, 15) is 26.3 Å². The molecule has 0 amide bonds. The smallest absolute Gasteiger partial charge is 0.308 e. The second-order valence-corrected chi connectivity index (χ2v) is 19.5. The van der Waals surface area contributed by atoms with Crippen LogP contribution in [0.1, 0.15) is 44.5 Å². The summed E-state index contributed by atoms with van der Waals surface area (Å²) >= 11 is 0. The molecule has 10 heteroatoms. The number of fused-ring (bicyclic) bond motifs is 3. The monoisotopic (exact) mass is 998 g/mol. The highest BCUT2D eigenvalue weighted by molar-refractivity contribution is 6.13. The molecular weight excluding hydrogens is 951 g/mol. The van der Waals surface area contributed by atoms with Gasteiger partial charge in [0.2, 0.25) is 0 Å². The molecule has 0 saturated carbocycles. The zero-order valence-corrected chi connectivity index (χ0v) is 41.9. The highest BCUT2D eigenvalue weighted by Crippen LogP contribution is 2.47. The molecule has 0 saturated heterocycles. The Kier molecular flexibility index (Phi) is 12.1. The summed E-state index contributed by atoms with van der Waals surface area (Å²) in [6.45, 7) is 12.6. The number of alkyl halides is 6. The Morgan fingerprint density at radius 1 is 0.333 bits per heavy atom. The SMILES string of the molecule is Cc1cc(C)c(-c2ccc3c(c2)c2cc(-c4c(C)cc(C)cc4C)ccc2n3-c2c(-c3ccc(C(F)(F)F)cc3)cc(-c3nc(-c4ccccc4)nc(-c4ccccc4)n3)cc2-c2ccc(C(F)(F)F)cc2)c(C)c1. The third-order valence-corrected chi connectivity index (χ3v) is 14.0. The fraction of sp³-hybridized carbons (Fsp3) is 0.123. The van der Waals surface area contributed by atoms with Crippen molar-refractivity contribution in [3.8, 4) is 84.4 Å². The first-order valence-corrected chi connectivity index (χ1v) is 24.6. The third-order valence-electron chi connectivity index (χ3n) is 14.0. The average Bonchev–Trinajstić information content (AvgIpc) is 3.73. The van der Waals surface area contributed by atoms with Gasteiger partial charge in [-0.15, -0.1) is 0 Å². The van der Waals surface area contributed by atoms with E-state index in [1.165, 1.54) is 24.3 Å². The summed E-state index contributed by atoms with van der Waals surface area (Å²) in [5, 5.41) is 1.81. The number of aryl methyl sites for hydroxylation is 6. The van der Waals surface area contributed by atoms with Crippen molar-refractivity contribution in [3.05, 3.63) is 226 Å². The van der Waals surface area contributed by atoms with Crippen molar-refractivity contribution in [2.45, 2.75) is 53.9 Å². The van der Waals surface area contributed by atoms with Crippen LogP contribution in [0.3, 0.4) is 0 Å². The Balaban J connectivity index is 1.28. The van der Waals surface area contributed by atoms with Gasteiger partial charge in [0.1, 0.15) is 0 Å². The third kappa shape index (κ3) is 9.15. The van der Waals surface area contributed by atoms with Gasteiger partial charge in [-0.1, -0.05) is 132 Å². The summed E-state index contributed by atoms with van der Waals surface area (Å²) in [4.78, 5) is 15.0. The molecule has 0 aliphatic carbocycles. The number of hydrogen-bond donors (Lipinski definition) is 0. The molecule has 0 bridgehead atoms. The Hall–Kier alpha value is -8.63. The molecule has 75 heavy (non-hydrogen) atoms. The maximum absolute atomic E-state index is 14.4. The zero-order valence-electron chi connectivity index (χ0n) is 41.9. The quantitative estimate of drug-likeness (QED) is 0.143. The summed E-state index contributed by atoms with van der Waals surface area (Å²) in [7, 11) is 0. The molecule has 0 N–H and O–H groups in total. The second-order valence-electron chi connectivity index (χ2n) is 19.5. The predicted molar refractivity (Wildman–Crippen MR) is 291 cm³/mol. The minimum Gasteiger partial charge on any atom is -0.308 e. The van der Waals surface area contributed by atoms with Gasteiger partial charge < -0.3 is 4.57 Å². The lowest BCUT2D eigenvalue weighted by atomic mass is 9.91. The first-order valence-electron chi connectivity index (χ1n) is 24.6. The largest absolute Gasteiger partial charge is 0.416 e. The molecule has 9 aromatic carbocycles. The van der Waals surface area contributed by atoms with Crippen molar-refractivity contribution >= 4 is 21.8 Å². The number of benzene rings is 9. The van der Waals surface area contributed by atoms with Crippen molar-refractivity contribution < 1.29 is 26.3 Å². The van der Waals surface area contributed by atoms with Crippen molar-refractivity contribution in [2.75, 3.05) is 0 Å². The molecule has 370 valence electrons. The first-order chi connectivity index (χ1) is 35.9. The van der Waals surface area contributed by atoms with Crippen LogP contribution in [0.15, 0.2) is 182 Å². The van der Waals surface area contributed by atoms with Gasteiger partial charge in [-0.3, -0.25) is 0 Å². The number of nitrogens with zero attached hydrogens (tertiary/aromatic N) is 4. The molecule has 2 heterocycles. The molecular formula is C65H48F6N4. The van der Waals surface area contributed by atoms with Crippen LogP contribution in [0.5, 0.6) is 0 Å². The first kappa shape index (κ1) is 48.6. The molecule has 0 aliphatic rings. The van der Waals surface area contributed by atoms with Gasteiger partial charge in [0.25, 0.3) is 0 Å². The Morgan fingerprint density at radius 3 is 1.01 bits per heavy atom. The zero-order chi connectivity index (χ0) is 52.5. The van der Waals surface area contributed by atoms with E-state index in [0.29, 0.717) is 45.2 Å². The van der Waals surface area contributed by atoms with Gasteiger partial charge in [-0.25, -0.2) is 15.0 Å². The van der Waals surface area contributed by atoms with Gasteiger partial charge in [-0.2, -0.15) is 26.3 Å². The van der Waals surface area contributed by atoms with E-state index in [1.54, 1.807) is 0 Å². The number of hydrogen-bond acceptors (Lipinski definition) is 3. The standard InChI is InChI=1S/C65H48F6N4/c1-37-29-39(3)58(40(4)30-37)47-21-27-56-54(33-47)55-34-48(59-41(5)31-38(2)32-42(59)6)22-28-57(55)75(56)60-52(43-17-23-50(24-18-43)64(66,67)68)35-49(36-53(60)44-19-25-51(26-20-44)65(69,70)71)63-73-61(45-13-9-7-10-14-45)72-62(74-63)46-15-11-8-12-16-46/h7-36H,1-6H3. The highest BCUT2D eigenvalue weighted by atomic mass is 19.4. The molecule has 0 unspecified atom stereocenters. The van der Waals surface area contributed by atoms with E-state index in [4.69, 9.17) is 15.0 Å². The van der Waals surface area contributed by atoms with E-state index < -0.39 is 23.5 Å². The van der Waals surface area contributed by atoms with Crippen molar-refractivity contribution in [3.63, 3.8) is 0 Å². The fourth-order valence-corrected chi connectivity index (χ4v) is 10.9. The fourth-order valence-electron chi connectivity index (χ4n) is 10.9. The molecule has 0 atom stereocenters. The molecule has 4 nitrogen and oxygen atoms in total. The van der Waals surface area contributed by atoms with Crippen LogP contribution in [0.4, 0.5) is 26.3 Å². The summed E-state index contributed by atoms with van der Waals surface area (Å²) < 4.78 is 88.3. The van der Waals surface area contributed by atoms with Gasteiger partial charge in [0, 0.05) is 38.6 Å². The van der Waals surface area contributed by atoms with E-state index in [1.807, 2.05) is 72.8 Å². The minimum absolute atomic E-state index is 0.250. The van der Waals surface area contributed by atoms with Crippen LogP contribution in [0, 0.1) is 41.5 Å². The average molecular weight is 999 g/mol. The van der Waals surface area contributed by atoms with E-state index in [-0.39, 0.29) is 5.82 Å². The van der Waals surface area contributed by atoms with Gasteiger partial charge in [-0.05, 0) is 158 Å². The van der Waals surface area contributed by atoms with Crippen LogP contribution in [-0.4, -0.2) is 19.5 Å². The lowest BCUT2D eigenvalue weighted by molar-refractivity contribution is -0.138. The lowest BCUT2D eigenvalue weighted by Crippen LogP contribution is -2.06. The van der Waals surface area contributed by atoms with Gasteiger partial charge in [0.15, 0.2) is 17.5 Å². The molecule has 0 spiro atoms. The van der Waals surface area contributed by atoms with Crippen LogP contribution < -0.4 is 0 Å². The molecule has 0 fully saturated rings. The number of aromatic nitrogens is 4. The van der Waals surface area contributed by atoms with Gasteiger partial charge >= 0.3 is 12.4 Å². The second kappa shape index (κ2) is 18.7. The summed E-state index contributed by atoms with van der Waals surface area (Å²) in [6, 6.07) is 53.9. The van der Waals surface area contributed by atoms with E-state index >= 15 is 0 Å². The minimum atomic E-state index is -4.62. The maximum Gasteiger partial charge on any atom is 0.416 e. The van der Waals surface area contributed by atoms with Crippen molar-refractivity contribution in [1.82, 2.24) is 19.5 Å². The Labute approximate surface area is 430 Å². The van der Waals surface area contributed by atoms with Gasteiger partial charge in [0.05, 0.1) is 27.8 Å². The lowest BCUT2D eigenvalue weighted by Gasteiger charge is -2.22. The van der Waals surface area contributed by atoms with E-state index in [0.717, 1.165) is 113 Å². The summed E-state index contributed by atoms with van der Waals surface area (Å²) in [6.07, 6.45) is -9.24. The normalized spacial score (nSPS) is 12.0. The predicted octanol–water partition coefficient (Wildman–Crippen LogP) is 18.5. The molecule has 11 rings (SSSR count). The van der Waals surface area contributed by atoms with Crippen LogP contribution >= 0.6 is 0 Å².